The number of amides is 1. The Morgan fingerprint density at radius 2 is 2.18 bits per heavy atom. The van der Waals surface area contributed by atoms with Crippen molar-refractivity contribution in [1.82, 2.24) is 10.3 Å². The number of pyridine rings is 1. The molecule has 0 spiro atoms. The fourth-order valence-corrected chi connectivity index (χ4v) is 2.54. The maximum absolute atomic E-state index is 11.0. The third-order valence-electron chi connectivity index (χ3n) is 3.05. The van der Waals surface area contributed by atoms with Gasteiger partial charge in [0.05, 0.1) is 16.7 Å². The number of benzene rings is 1. The van der Waals surface area contributed by atoms with Gasteiger partial charge in [-0.05, 0) is 37.1 Å². The molecule has 1 heterocycles. The van der Waals surface area contributed by atoms with E-state index in [0.717, 1.165) is 18.2 Å². The minimum Gasteiger partial charge on any atom is -0.490 e. The molecule has 1 aromatic heterocycles. The molecule has 116 valence electrons. The van der Waals surface area contributed by atoms with Crippen LogP contribution < -0.4 is 10.1 Å². The topological polar surface area (TPSA) is 51.2 Å². The number of ether oxygens (including phenoxy) is 1. The number of fused-ring (bicyclic) bond motifs is 1. The molecule has 2 aromatic rings. The lowest BCUT2D eigenvalue weighted by Crippen LogP contribution is -2.22. The second kappa shape index (κ2) is 8.01. The second-order valence-electron chi connectivity index (χ2n) is 4.62. The molecule has 0 fully saturated rings. The average molecular weight is 339 g/mol. The Labute approximate surface area is 139 Å². The minimum absolute atomic E-state index is 0.170. The number of nitrogens with zero attached hydrogens (tertiary/aromatic N) is 1. The van der Waals surface area contributed by atoms with Crippen LogP contribution in [0.25, 0.3) is 10.9 Å². The highest BCUT2D eigenvalue weighted by molar-refractivity contribution is 6.39. The summed E-state index contributed by atoms with van der Waals surface area (Å²) >= 11 is 12.3. The number of hydrogen-bond donors (Lipinski definition) is 1. The first-order valence-corrected chi connectivity index (χ1v) is 7.65. The van der Waals surface area contributed by atoms with Gasteiger partial charge < -0.3 is 10.1 Å². The van der Waals surface area contributed by atoms with E-state index >= 15 is 0 Å². The van der Waals surface area contributed by atoms with Gasteiger partial charge in [-0.3, -0.25) is 9.78 Å². The maximum Gasteiger partial charge on any atom is 0.243 e. The van der Waals surface area contributed by atoms with Gasteiger partial charge in [-0.25, -0.2) is 0 Å². The predicted octanol–water partition coefficient (Wildman–Crippen LogP) is 4.00. The zero-order valence-electron chi connectivity index (χ0n) is 11.9. The molecule has 0 aliphatic rings. The van der Waals surface area contributed by atoms with E-state index in [1.54, 1.807) is 12.3 Å². The van der Waals surface area contributed by atoms with Gasteiger partial charge in [0, 0.05) is 18.1 Å². The molecule has 0 aliphatic carbocycles. The van der Waals surface area contributed by atoms with E-state index in [1.807, 2.05) is 12.1 Å². The predicted molar refractivity (Wildman–Crippen MR) is 89.7 cm³/mol. The van der Waals surface area contributed by atoms with Crippen LogP contribution in [0.4, 0.5) is 0 Å². The Hall–Kier alpha value is -1.78. The summed E-state index contributed by atoms with van der Waals surface area (Å²) < 4.78 is 5.75. The zero-order chi connectivity index (χ0) is 15.9. The van der Waals surface area contributed by atoms with Crippen LogP contribution >= 0.6 is 23.2 Å². The van der Waals surface area contributed by atoms with E-state index in [-0.39, 0.29) is 5.91 Å². The summed E-state index contributed by atoms with van der Waals surface area (Å²) in [6.07, 6.45) is 4.51. The summed E-state index contributed by atoms with van der Waals surface area (Å²) in [6.45, 7) is 4.46. The van der Waals surface area contributed by atoms with Crippen LogP contribution in [0.1, 0.15) is 12.8 Å². The first-order chi connectivity index (χ1) is 10.6. The molecule has 0 radical (unpaired) electrons. The second-order valence-corrected chi connectivity index (χ2v) is 5.43. The Kier molecular flexibility index (Phi) is 6.04. The van der Waals surface area contributed by atoms with Crippen molar-refractivity contribution in [2.45, 2.75) is 12.8 Å². The Bertz CT molecular complexity index is 689. The van der Waals surface area contributed by atoms with Crippen molar-refractivity contribution in [3.8, 4) is 5.75 Å². The van der Waals surface area contributed by atoms with Gasteiger partial charge in [-0.2, -0.15) is 0 Å². The summed E-state index contributed by atoms with van der Waals surface area (Å²) in [5.41, 5.74) is 0.653. The molecule has 4 nitrogen and oxygen atoms in total. The van der Waals surface area contributed by atoms with Crippen LogP contribution in [-0.2, 0) is 4.79 Å². The van der Waals surface area contributed by atoms with E-state index in [2.05, 4.69) is 16.9 Å². The van der Waals surface area contributed by atoms with Crippen LogP contribution in [0, 0.1) is 0 Å². The third-order valence-corrected chi connectivity index (χ3v) is 3.65. The largest absolute Gasteiger partial charge is 0.490 e. The van der Waals surface area contributed by atoms with Crippen molar-refractivity contribution in [1.29, 1.82) is 0 Å². The standard InChI is InChI=1S/C16H16Cl2N2O2/c1-2-14(21)19-7-3-4-9-22-16-13(18)10-12(17)11-6-5-8-20-15(11)16/h2,5-6,8,10H,1,3-4,7,9H2,(H,19,21). The molecule has 0 atom stereocenters. The van der Waals surface area contributed by atoms with Gasteiger partial charge in [0.2, 0.25) is 5.91 Å². The smallest absolute Gasteiger partial charge is 0.243 e. The number of carbonyl (C=O) groups is 1. The summed E-state index contributed by atoms with van der Waals surface area (Å²) in [4.78, 5) is 15.3. The Balaban J connectivity index is 1.95. The number of rotatable bonds is 7. The molecule has 0 aliphatic heterocycles. The molecule has 2 rings (SSSR count). The number of aromatic nitrogens is 1. The van der Waals surface area contributed by atoms with Crippen molar-refractivity contribution in [3.63, 3.8) is 0 Å². The number of carbonyl (C=O) groups excluding carboxylic acids is 1. The SMILES string of the molecule is C=CC(=O)NCCCCOc1c(Cl)cc(Cl)c2cccnc12. The Morgan fingerprint density at radius 1 is 1.36 bits per heavy atom. The monoisotopic (exact) mass is 338 g/mol. The Morgan fingerprint density at radius 3 is 2.95 bits per heavy atom. The highest BCUT2D eigenvalue weighted by Gasteiger charge is 2.12. The number of hydrogen-bond acceptors (Lipinski definition) is 3. The minimum atomic E-state index is -0.170. The highest BCUT2D eigenvalue weighted by Crippen LogP contribution is 2.36. The maximum atomic E-state index is 11.0. The van der Waals surface area contributed by atoms with Crippen LogP contribution in [0.5, 0.6) is 5.75 Å². The normalized spacial score (nSPS) is 10.5. The summed E-state index contributed by atoms with van der Waals surface area (Å²) in [5, 5.41) is 4.51. The first-order valence-electron chi connectivity index (χ1n) is 6.89. The summed E-state index contributed by atoms with van der Waals surface area (Å²) in [5.74, 6) is 0.369. The lowest BCUT2D eigenvalue weighted by atomic mass is 10.2. The van der Waals surface area contributed by atoms with Crippen molar-refractivity contribution in [2.75, 3.05) is 13.2 Å². The van der Waals surface area contributed by atoms with Crippen molar-refractivity contribution in [3.05, 3.63) is 47.1 Å². The lowest BCUT2D eigenvalue weighted by molar-refractivity contribution is -0.116. The quantitative estimate of drug-likeness (QED) is 0.613. The zero-order valence-corrected chi connectivity index (χ0v) is 13.5. The highest BCUT2D eigenvalue weighted by atomic mass is 35.5. The van der Waals surface area contributed by atoms with Crippen LogP contribution in [0.2, 0.25) is 10.0 Å². The van der Waals surface area contributed by atoms with Gasteiger partial charge in [0.15, 0.2) is 5.75 Å². The summed E-state index contributed by atoms with van der Waals surface area (Å²) in [7, 11) is 0. The fourth-order valence-electron chi connectivity index (χ4n) is 1.97. The van der Waals surface area contributed by atoms with Crippen molar-refractivity contribution < 1.29 is 9.53 Å². The molecule has 0 unspecified atom stereocenters. The van der Waals surface area contributed by atoms with E-state index in [4.69, 9.17) is 27.9 Å². The molecule has 1 amide bonds. The molecule has 0 bridgehead atoms. The van der Waals surface area contributed by atoms with E-state index in [0.29, 0.717) is 34.5 Å². The van der Waals surface area contributed by atoms with E-state index in [9.17, 15) is 4.79 Å². The van der Waals surface area contributed by atoms with Gasteiger partial charge in [-0.15, -0.1) is 0 Å². The molecule has 1 N–H and O–H groups in total. The van der Waals surface area contributed by atoms with Crippen LogP contribution in [0.15, 0.2) is 37.1 Å². The van der Waals surface area contributed by atoms with Gasteiger partial charge in [0.25, 0.3) is 0 Å². The van der Waals surface area contributed by atoms with E-state index < -0.39 is 0 Å². The number of halogens is 2. The van der Waals surface area contributed by atoms with Crippen LogP contribution in [-0.4, -0.2) is 24.0 Å². The van der Waals surface area contributed by atoms with Gasteiger partial charge in [-0.1, -0.05) is 29.8 Å². The molecule has 1 aromatic carbocycles. The molecule has 6 heteroatoms. The van der Waals surface area contributed by atoms with Crippen molar-refractivity contribution in [2.24, 2.45) is 0 Å². The van der Waals surface area contributed by atoms with Gasteiger partial charge >= 0.3 is 0 Å². The summed E-state index contributed by atoms with van der Waals surface area (Å²) in [6, 6.07) is 5.35. The number of unbranched alkanes of at least 4 members (excludes halogenated alkanes) is 1. The van der Waals surface area contributed by atoms with Gasteiger partial charge in [0.1, 0.15) is 5.52 Å². The molecular formula is C16H16Cl2N2O2. The molecule has 22 heavy (non-hydrogen) atoms. The average Bonchev–Trinajstić information content (AvgIpc) is 2.53. The molecule has 0 saturated heterocycles. The van der Waals surface area contributed by atoms with Crippen molar-refractivity contribution >= 4 is 40.0 Å². The van der Waals surface area contributed by atoms with E-state index in [1.165, 1.54) is 6.08 Å². The first kappa shape index (κ1) is 16.6. The number of nitrogens with one attached hydrogen (secondary N) is 1. The molecular weight excluding hydrogens is 323 g/mol. The van der Waals surface area contributed by atoms with Crippen LogP contribution in [0.3, 0.4) is 0 Å². The molecule has 0 saturated carbocycles. The fraction of sp³-hybridized carbons (Fsp3) is 0.250. The lowest BCUT2D eigenvalue weighted by Gasteiger charge is -2.11. The third kappa shape index (κ3) is 4.12.